The average molecular weight is 1270 g/mol. The van der Waals surface area contributed by atoms with Crippen molar-refractivity contribution in [1.82, 2.24) is 30.7 Å². The molecule has 0 fully saturated rings. The predicted octanol–water partition coefficient (Wildman–Crippen LogP) is 4.48. The van der Waals surface area contributed by atoms with Gasteiger partial charge in [0.2, 0.25) is 29.7 Å². The van der Waals surface area contributed by atoms with E-state index >= 15 is 0 Å². The van der Waals surface area contributed by atoms with Gasteiger partial charge in [0.1, 0.15) is 17.8 Å². The zero-order valence-corrected chi connectivity index (χ0v) is 53.6. The summed E-state index contributed by atoms with van der Waals surface area (Å²) in [7, 11) is 3.28. The highest BCUT2D eigenvalue weighted by atomic mass is 16.6. The molecule has 1 aromatic heterocycles. The molecule has 0 aliphatic carbocycles. The van der Waals surface area contributed by atoms with Crippen LogP contribution in [0.25, 0.3) is 16.6 Å². The van der Waals surface area contributed by atoms with Gasteiger partial charge < -0.3 is 93.6 Å². The van der Waals surface area contributed by atoms with E-state index in [1.54, 1.807) is 58.3 Å². The molecule has 502 valence electrons. The number of primary amides is 1. The summed E-state index contributed by atoms with van der Waals surface area (Å²) in [6.45, 7) is 18.1. The number of nitrogens with two attached hydrogens (primary N) is 1. The smallest absolute Gasteiger partial charge is 0.312 e. The Hall–Kier alpha value is -6.43. The second-order valence-electron chi connectivity index (χ2n) is 21.7. The van der Waals surface area contributed by atoms with Gasteiger partial charge in [0.15, 0.2) is 0 Å². The van der Waals surface area contributed by atoms with Crippen molar-refractivity contribution >= 4 is 57.9 Å². The van der Waals surface area contributed by atoms with Crippen LogP contribution in [0.2, 0.25) is 0 Å². The summed E-state index contributed by atoms with van der Waals surface area (Å²) in [6.07, 6.45) is 4.26. The maximum Gasteiger partial charge on any atom is 0.312 e. The molecule has 7 amide bonds. The van der Waals surface area contributed by atoms with Crippen LogP contribution in [0.3, 0.4) is 0 Å². The molecule has 0 spiro atoms. The van der Waals surface area contributed by atoms with Crippen LogP contribution in [-0.4, -0.2) is 228 Å². The first kappa shape index (κ1) is 74.3. The number of pyridine rings is 1. The zero-order chi connectivity index (χ0) is 64.7. The number of nitrogens with one attached hydrogen (secondary N) is 4. The SMILES string of the molecule is CCCOCCOCCOCCOCCOCCOCCOCCOCCOCCOCCOCCC(=O)N[C@H](C(=O)N[C@@H](CCCNC(N)=O)C(=O)Nc1ccc(C(Oc2ccc3nc4c(c(CC)c3c2)CN2C(=O)CCC=C42)C(=O)N(C)C)cc1)C(C)C. The molecule has 3 heterocycles. The summed E-state index contributed by atoms with van der Waals surface area (Å²) in [5.41, 5.74) is 10.7. The van der Waals surface area contributed by atoms with Crippen LogP contribution in [-0.2, 0) is 89.0 Å². The molecule has 2 aromatic carbocycles. The molecule has 0 bridgehead atoms. The van der Waals surface area contributed by atoms with Gasteiger partial charge in [-0.25, -0.2) is 9.78 Å². The number of aryl methyl sites for hydroxylation is 1. The van der Waals surface area contributed by atoms with Gasteiger partial charge in [0, 0.05) is 62.3 Å². The van der Waals surface area contributed by atoms with E-state index < -0.39 is 41.9 Å². The highest BCUT2D eigenvalue weighted by Crippen LogP contribution is 2.40. The maximum absolute atomic E-state index is 13.9. The lowest BCUT2D eigenvalue weighted by molar-refractivity contribution is -0.136. The van der Waals surface area contributed by atoms with Crippen molar-refractivity contribution in [3.63, 3.8) is 0 Å². The Morgan fingerprint density at radius 3 is 1.64 bits per heavy atom. The van der Waals surface area contributed by atoms with E-state index in [0.29, 0.717) is 162 Å². The molecule has 26 heteroatoms. The zero-order valence-electron chi connectivity index (χ0n) is 53.6. The topological polar surface area (TPSA) is 307 Å². The number of anilines is 1. The van der Waals surface area contributed by atoms with Gasteiger partial charge in [0.05, 0.1) is 162 Å². The number of aromatic nitrogens is 1. The summed E-state index contributed by atoms with van der Waals surface area (Å²) in [4.78, 5) is 87.0. The number of ether oxygens (including phenoxy) is 12. The first-order valence-corrected chi connectivity index (χ1v) is 31.4. The van der Waals surface area contributed by atoms with E-state index in [-0.39, 0.29) is 63.4 Å². The van der Waals surface area contributed by atoms with E-state index in [1.807, 2.05) is 17.0 Å². The number of hydrogen-bond acceptors (Lipinski definition) is 19. The van der Waals surface area contributed by atoms with Crippen LogP contribution in [0, 0.1) is 5.92 Å². The van der Waals surface area contributed by atoms with Gasteiger partial charge in [-0.3, -0.25) is 24.0 Å². The van der Waals surface area contributed by atoms with Gasteiger partial charge in [-0.2, -0.15) is 0 Å². The standard InChI is InChI=1S/C64H98N8O18/c1-7-22-79-24-26-81-28-30-83-32-34-85-36-38-87-40-42-89-43-41-88-39-37-86-35-33-84-31-29-82-27-25-80-23-20-56(73)70-58(46(3)4)62(76)69-54(11-10-21-66-64(65)78)61(75)67-48-16-14-47(15-17-48)60(63(77)71(5)6)90-49-18-19-53-51(44-49)50(8-2)52-45-72-55(59(52)68-53)12-9-13-57(72)74/h12,14-19,44,46,54,58,60H,7-11,13,20-43,45H2,1-6H3,(H,67,75)(H,69,76)(H,70,73)(H3,65,66,78)/t54-,58-,60?/m0/s1. The van der Waals surface area contributed by atoms with E-state index in [0.717, 1.165) is 46.4 Å². The molecular formula is C64H98N8O18. The summed E-state index contributed by atoms with van der Waals surface area (Å²) in [5, 5.41) is 11.8. The summed E-state index contributed by atoms with van der Waals surface area (Å²) in [6, 6.07) is 9.36. The van der Waals surface area contributed by atoms with Crippen molar-refractivity contribution in [2.24, 2.45) is 11.7 Å². The number of urea groups is 1. The van der Waals surface area contributed by atoms with Gasteiger partial charge >= 0.3 is 6.03 Å². The lowest BCUT2D eigenvalue weighted by atomic mass is 9.98. The monoisotopic (exact) mass is 1270 g/mol. The van der Waals surface area contributed by atoms with E-state index in [9.17, 15) is 28.8 Å². The quantitative estimate of drug-likeness (QED) is 0.0487. The minimum Gasteiger partial charge on any atom is -0.476 e. The van der Waals surface area contributed by atoms with Crippen LogP contribution >= 0.6 is 0 Å². The minimum absolute atomic E-state index is 0.0231. The number of allylic oxidation sites excluding steroid dienone is 1. The summed E-state index contributed by atoms with van der Waals surface area (Å²) in [5.74, 6) is -1.68. The molecule has 26 nitrogen and oxygen atoms in total. The van der Waals surface area contributed by atoms with Crippen LogP contribution in [0.5, 0.6) is 5.75 Å². The number of nitrogens with zero attached hydrogens (tertiary/aromatic N) is 3. The maximum atomic E-state index is 13.9. The number of carbonyl (C=O) groups is 6. The Balaban J connectivity index is 0.929. The van der Waals surface area contributed by atoms with Gasteiger partial charge in [-0.05, 0) is 73.9 Å². The Kier molecular flexibility index (Phi) is 35.8. The largest absolute Gasteiger partial charge is 0.476 e. The predicted molar refractivity (Wildman–Crippen MR) is 335 cm³/mol. The molecule has 90 heavy (non-hydrogen) atoms. The van der Waals surface area contributed by atoms with Crippen LogP contribution < -0.4 is 31.7 Å². The molecule has 2 aliphatic heterocycles. The molecule has 3 atom stereocenters. The van der Waals surface area contributed by atoms with E-state index in [1.165, 1.54) is 4.90 Å². The number of likely N-dealkylation sites (N-methyl/N-ethyl adjacent to an activating group) is 1. The molecule has 1 unspecified atom stereocenters. The molecule has 5 rings (SSSR count). The van der Waals surface area contributed by atoms with Crippen molar-refractivity contribution in [2.45, 2.75) is 97.4 Å². The fourth-order valence-corrected chi connectivity index (χ4v) is 9.52. The Labute approximate surface area is 529 Å². The lowest BCUT2D eigenvalue weighted by Crippen LogP contribution is -2.54. The highest BCUT2D eigenvalue weighted by molar-refractivity contribution is 5.99. The lowest BCUT2D eigenvalue weighted by Gasteiger charge is -2.25. The number of fused-ring (bicyclic) bond motifs is 4. The average Bonchev–Trinajstić information content (AvgIpc) is 1.57. The molecule has 0 radical (unpaired) electrons. The van der Waals surface area contributed by atoms with Crippen LogP contribution in [0.15, 0.2) is 48.5 Å². The molecule has 2 aliphatic rings. The van der Waals surface area contributed by atoms with Crippen molar-refractivity contribution < 1.29 is 85.6 Å². The molecule has 3 aromatic rings. The third-order valence-corrected chi connectivity index (χ3v) is 14.2. The Morgan fingerprint density at radius 1 is 0.656 bits per heavy atom. The van der Waals surface area contributed by atoms with Crippen LogP contribution in [0.4, 0.5) is 10.5 Å². The Morgan fingerprint density at radius 2 is 1.17 bits per heavy atom. The normalized spacial score (nSPS) is 13.8. The van der Waals surface area contributed by atoms with Crippen molar-refractivity contribution in [3.05, 3.63) is 70.9 Å². The van der Waals surface area contributed by atoms with Gasteiger partial charge in [-0.1, -0.05) is 45.9 Å². The molecule has 0 saturated heterocycles. The molecule has 6 N–H and O–H groups in total. The third-order valence-electron chi connectivity index (χ3n) is 14.2. The summed E-state index contributed by atoms with van der Waals surface area (Å²) >= 11 is 0. The fourth-order valence-electron chi connectivity index (χ4n) is 9.52. The number of benzene rings is 2. The number of carbonyl (C=O) groups excluding carboxylic acids is 6. The number of hydrogen-bond donors (Lipinski definition) is 5. The fraction of sp³-hybridized carbons (Fsp3) is 0.641. The molecule has 0 saturated carbocycles. The first-order valence-electron chi connectivity index (χ1n) is 31.4. The van der Waals surface area contributed by atoms with Crippen molar-refractivity contribution in [1.29, 1.82) is 0 Å². The van der Waals surface area contributed by atoms with Gasteiger partial charge in [0.25, 0.3) is 5.91 Å². The van der Waals surface area contributed by atoms with Crippen molar-refractivity contribution in [3.8, 4) is 5.75 Å². The number of amides is 7. The second kappa shape index (κ2) is 43.4. The van der Waals surface area contributed by atoms with Crippen LogP contribution in [0.1, 0.15) is 94.7 Å². The second-order valence-corrected chi connectivity index (χ2v) is 21.7. The Bertz CT molecular complexity index is 2660. The van der Waals surface area contributed by atoms with Gasteiger partial charge in [-0.15, -0.1) is 0 Å². The first-order chi connectivity index (χ1) is 43.7. The summed E-state index contributed by atoms with van der Waals surface area (Å²) < 4.78 is 67.0. The van der Waals surface area contributed by atoms with E-state index in [4.69, 9.17) is 67.6 Å². The van der Waals surface area contributed by atoms with Crippen molar-refractivity contribution in [2.75, 3.05) is 171 Å². The third kappa shape index (κ3) is 27.2. The molecular weight excluding hydrogens is 1170 g/mol. The minimum atomic E-state index is -1.08. The number of rotatable bonds is 50. The van der Waals surface area contributed by atoms with E-state index in [2.05, 4.69) is 41.2 Å². The highest BCUT2D eigenvalue weighted by Gasteiger charge is 2.35.